The molecule has 0 aliphatic heterocycles. The molecule has 0 amide bonds. The van der Waals surface area contributed by atoms with Crippen molar-refractivity contribution in [3.63, 3.8) is 0 Å². The van der Waals surface area contributed by atoms with Crippen molar-refractivity contribution in [1.29, 1.82) is 0 Å². The van der Waals surface area contributed by atoms with Gasteiger partial charge in [-0.3, -0.25) is 0 Å². The Labute approximate surface area is 94.5 Å². The zero-order valence-corrected chi connectivity index (χ0v) is 9.66. The van der Waals surface area contributed by atoms with Gasteiger partial charge in [-0.05, 0) is 18.6 Å². The van der Waals surface area contributed by atoms with Gasteiger partial charge in [-0.2, -0.15) is 0 Å². The minimum atomic E-state index is -3.59. The summed E-state index contributed by atoms with van der Waals surface area (Å²) in [4.78, 5) is 10.9. The van der Waals surface area contributed by atoms with Crippen molar-refractivity contribution in [2.24, 2.45) is 0 Å². The van der Waals surface area contributed by atoms with Gasteiger partial charge in [0.05, 0.1) is 4.90 Å². The molecule has 0 radical (unpaired) electrons. The molecule has 0 N–H and O–H groups in total. The molecule has 0 saturated heterocycles. The van der Waals surface area contributed by atoms with Crippen molar-refractivity contribution in [2.45, 2.75) is 11.8 Å². The molecule has 1 aromatic rings. The van der Waals surface area contributed by atoms with Gasteiger partial charge in [0, 0.05) is 6.08 Å². The van der Waals surface area contributed by atoms with Gasteiger partial charge in [-0.1, -0.05) is 24.8 Å². The molecule has 4 nitrogen and oxygen atoms in total. The van der Waals surface area contributed by atoms with Crippen LogP contribution in [0.3, 0.4) is 0 Å². The highest BCUT2D eigenvalue weighted by molar-refractivity contribution is 7.91. The zero-order chi connectivity index (χ0) is 12.2. The Morgan fingerprint density at radius 1 is 1.44 bits per heavy atom. The lowest BCUT2D eigenvalue weighted by molar-refractivity contribution is -0.135. The highest BCUT2D eigenvalue weighted by Crippen LogP contribution is 2.15. The summed E-state index contributed by atoms with van der Waals surface area (Å²) in [7, 11) is -3.59. The highest BCUT2D eigenvalue weighted by atomic mass is 32.2. The normalized spacial score (nSPS) is 10.8. The summed E-state index contributed by atoms with van der Waals surface area (Å²) >= 11 is 0. The molecule has 86 valence electrons. The van der Waals surface area contributed by atoms with E-state index in [0.717, 1.165) is 6.08 Å². The second-order valence-corrected chi connectivity index (χ2v) is 5.07. The molecule has 0 fully saturated rings. The van der Waals surface area contributed by atoms with E-state index in [4.69, 9.17) is 0 Å². The predicted molar refractivity (Wildman–Crippen MR) is 59.5 cm³/mol. The smallest absolute Gasteiger partial charge is 0.331 e. The third-order valence-corrected chi connectivity index (χ3v) is 3.51. The molecule has 0 aliphatic carbocycles. The maximum atomic E-state index is 11.8. The molecule has 0 saturated carbocycles. The van der Waals surface area contributed by atoms with E-state index in [1.54, 1.807) is 25.1 Å². The van der Waals surface area contributed by atoms with Crippen LogP contribution in [0.5, 0.6) is 0 Å². The van der Waals surface area contributed by atoms with Gasteiger partial charge in [0.2, 0.25) is 9.84 Å². The first-order valence-corrected chi connectivity index (χ1v) is 6.20. The quantitative estimate of drug-likeness (QED) is 0.590. The van der Waals surface area contributed by atoms with Crippen LogP contribution >= 0.6 is 0 Å². The molecular formula is C11H12O4S. The van der Waals surface area contributed by atoms with Crippen molar-refractivity contribution >= 4 is 15.8 Å². The van der Waals surface area contributed by atoms with E-state index < -0.39 is 21.7 Å². The van der Waals surface area contributed by atoms with E-state index in [2.05, 4.69) is 11.3 Å². The number of ether oxygens (including phenoxy) is 1. The van der Waals surface area contributed by atoms with Crippen LogP contribution in [0.2, 0.25) is 0 Å². The first kappa shape index (κ1) is 12.4. The Kier molecular flexibility index (Phi) is 3.84. The standard InChI is InChI=1S/C11H12O4S/c1-3-11(12)15-8-16(13,14)10-7-5-4-6-9(10)2/h3-7H,1,8H2,2H3. The lowest BCUT2D eigenvalue weighted by Gasteiger charge is -2.06. The van der Waals surface area contributed by atoms with Crippen molar-refractivity contribution in [1.82, 2.24) is 0 Å². The van der Waals surface area contributed by atoms with Crippen LogP contribution in [0.4, 0.5) is 0 Å². The first-order chi connectivity index (χ1) is 7.47. The Hall–Kier alpha value is -1.62. The summed E-state index contributed by atoms with van der Waals surface area (Å²) in [6, 6.07) is 6.52. The van der Waals surface area contributed by atoms with E-state index in [0.29, 0.717) is 5.56 Å². The van der Waals surface area contributed by atoms with Crippen LogP contribution in [0.15, 0.2) is 41.8 Å². The summed E-state index contributed by atoms with van der Waals surface area (Å²) in [5.74, 6) is -1.42. The molecule has 0 heterocycles. The number of sulfone groups is 1. The molecule has 1 aromatic carbocycles. The Morgan fingerprint density at radius 3 is 2.62 bits per heavy atom. The number of hydrogen-bond acceptors (Lipinski definition) is 4. The highest BCUT2D eigenvalue weighted by Gasteiger charge is 2.18. The molecule has 0 spiro atoms. The fourth-order valence-corrected chi connectivity index (χ4v) is 2.41. The van der Waals surface area contributed by atoms with E-state index >= 15 is 0 Å². The Morgan fingerprint density at radius 2 is 2.06 bits per heavy atom. The molecule has 0 bridgehead atoms. The van der Waals surface area contributed by atoms with Gasteiger partial charge in [-0.25, -0.2) is 13.2 Å². The van der Waals surface area contributed by atoms with E-state index in [1.165, 1.54) is 6.07 Å². The van der Waals surface area contributed by atoms with Gasteiger partial charge < -0.3 is 4.74 Å². The maximum Gasteiger partial charge on any atom is 0.331 e. The number of rotatable bonds is 4. The minimum absolute atomic E-state index is 0.173. The fraction of sp³-hybridized carbons (Fsp3) is 0.182. The van der Waals surface area contributed by atoms with Gasteiger partial charge in [0.1, 0.15) is 0 Å². The molecule has 0 aromatic heterocycles. The molecule has 0 unspecified atom stereocenters. The lowest BCUT2D eigenvalue weighted by Crippen LogP contribution is -2.14. The Balaban J connectivity index is 2.91. The zero-order valence-electron chi connectivity index (χ0n) is 8.84. The molecular weight excluding hydrogens is 228 g/mol. The SMILES string of the molecule is C=CC(=O)OCS(=O)(=O)c1ccccc1C. The van der Waals surface area contributed by atoms with Crippen LogP contribution in [-0.4, -0.2) is 20.3 Å². The van der Waals surface area contributed by atoms with Crippen molar-refractivity contribution < 1.29 is 17.9 Å². The van der Waals surface area contributed by atoms with E-state index in [1.807, 2.05) is 0 Å². The van der Waals surface area contributed by atoms with E-state index in [-0.39, 0.29) is 4.90 Å². The number of esters is 1. The third kappa shape index (κ3) is 2.93. The largest absolute Gasteiger partial charge is 0.446 e. The van der Waals surface area contributed by atoms with Crippen LogP contribution in [0.1, 0.15) is 5.56 Å². The number of carbonyl (C=O) groups excluding carboxylic acids is 1. The van der Waals surface area contributed by atoms with Gasteiger partial charge in [0.25, 0.3) is 0 Å². The second kappa shape index (κ2) is 4.94. The molecule has 16 heavy (non-hydrogen) atoms. The summed E-state index contributed by atoms with van der Waals surface area (Å²) < 4.78 is 28.0. The average Bonchev–Trinajstić information content (AvgIpc) is 2.26. The number of benzene rings is 1. The van der Waals surface area contributed by atoms with Crippen LogP contribution in [0.25, 0.3) is 0 Å². The van der Waals surface area contributed by atoms with Crippen molar-refractivity contribution in [2.75, 3.05) is 5.94 Å². The van der Waals surface area contributed by atoms with Gasteiger partial charge in [0.15, 0.2) is 5.94 Å². The Bertz CT molecular complexity index is 502. The van der Waals surface area contributed by atoms with E-state index in [9.17, 15) is 13.2 Å². The molecule has 0 atom stereocenters. The molecule has 1 rings (SSSR count). The van der Waals surface area contributed by atoms with Crippen LogP contribution in [0, 0.1) is 6.92 Å². The molecule has 0 aliphatic rings. The van der Waals surface area contributed by atoms with Gasteiger partial charge in [-0.15, -0.1) is 0 Å². The van der Waals surface area contributed by atoms with Crippen molar-refractivity contribution in [3.8, 4) is 0 Å². The second-order valence-electron chi connectivity index (χ2n) is 3.17. The van der Waals surface area contributed by atoms with Crippen LogP contribution < -0.4 is 0 Å². The topological polar surface area (TPSA) is 60.4 Å². The van der Waals surface area contributed by atoms with Gasteiger partial charge >= 0.3 is 5.97 Å². The summed E-state index contributed by atoms with van der Waals surface area (Å²) in [5, 5.41) is 0. The predicted octanol–water partition coefficient (Wildman–Crippen LogP) is 1.46. The number of aryl methyl sites for hydroxylation is 1. The summed E-state index contributed by atoms with van der Waals surface area (Å²) in [5.41, 5.74) is 0.622. The lowest BCUT2D eigenvalue weighted by atomic mass is 10.2. The number of carbonyl (C=O) groups is 1. The van der Waals surface area contributed by atoms with Crippen LogP contribution in [-0.2, 0) is 19.4 Å². The maximum absolute atomic E-state index is 11.8. The third-order valence-electron chi connectivity index (χ3n) is 1.95. The summed E-state index contributed by atoms with van der Waals surface area (Å²) in [6.07, 6.45) is 0.924. The summed E-state index contributed by atoms with van der Waals surface area (Å²) in [6.45, 7) is 4.86. The monoisotopic (exact) mass is 240 g/mol. The average molecular weight is 240 g/mol. The first-order valence-electron chi connectivity index (χ1n) is 4.55. The minimum Gasteiger partial charge on any atom is -0.446 e. The fourth-order valence-electron chi connectivity index (χ4n) is 1.16. The molecule has 5 heteroatoms. The number of hydrogen-bond donors (Lipinski definition) is 0. The van der Waals surface area contributed by atoms with Crippen molar-refractivity contribution in [3.05, 3.63) is 42.5 Å².